The van der Waals surface area contributed by atoms with Crippen LogP contribution < -0.4 is 0 Å². The van der Waals surface area contributed by atoms with E-state index in [0.717, 1.165) is 13.0 Å². The summed E-state index contributed by atoms with van der Waals surface area (Å²) in [5.41, 5.74) is 0. The third kappa shape index (κ3) is 3.11. The summed E-state index contributed by atoms with van der Waals surface area (Å²) < 4.78 is 0. The molecule has 2 amide bonds. The number of carboxylic acids is 1. The highest BCUT2D eigenvalue weighted by Gasteiger charge is 2.37. The molecule has 0 unspecified atom stereocenters. The lowest BCUT2D eigenvalue weighted by Crippen LogP contribution is -2.42. The summed E-state index contributed by atoms with van der Waals surface area (Å²) in [5, 5.41) is 9.03. The zero-order chi connectivity index (χ0) is 13.0. The lowest BCUT2D eigenvalue weighted by atomic mass is 9.99. The molecule has 98 valence electrons. The van der Waals surface area contributed by atoms with Crippen molar-refractivity contribution in [3.63, 3.8) is 0 Å². The van der Waals surface area contributed by atoms with Gasteiger partial charge >= 0.3 is 12.0 Å². The number of rotatable bonds is 4. The van der Waals surface area contributed by atoms with Crippen LogP contribution in [0.1, 0.15) is 27.2 Å². The van der Waals surface area contributed by atoms with E-state index >= 15 is 0 Å². The largest absolute Gasteiger partial charge is 0.481 e. The molecular weight excluding hydrogens is 220 g/mol. The second kappa shape index (κ2) is 5.89. The Bertz CT molecular complexity index is 293. The maximum absolute atomic E-state index is 12.1. The Balaban J connectivity index is 2.63. The van der Waals surface area contributed by atoms with Crippen LogP contribution >= 0.6 is 0 Å². The van der Waals surface area contributed by atoms with Crippen LogP contribution in [0.3, 0.4) is 0 Å². The van der Waals surface area contributed by atoms with Crippen LogP contribution in [-0.4, -0.2) is 53.1 Å². The maximum atomic E-state index is 12.1. The lowest BCUT2D eigenvalue weighted by molar-refractivity contribution is -0.142. The molecule has 0 aromatic rings. The van der Waals surface area contributed by atoms with Gasteiger partial charge in [0.25, 0.3) is 0 Å². The van der Waals surface area contributed by atoms with E-state index < -0.39 is 11.9 Å². The molecule has 1 N–H and O–H groups in total. The second-order valence-electron chi connectivity index (χ2n) is 4.69. The molecule has 0 saturated carbocycles. The summed E-state index contributed by atoms with van der Waals surface area (Å²) in [5.74, 6) is -1.18. The average Bonchev–Trinajstić information content (AvgIpc) is 2.67. The number of carbonyl (C=O) groups excluding carboxylic acids is 1. The Morgan fingerprint density at radius 3 is 2.41 bits per heavy atom. The number of carbonyl (C=O) groups is 2. The van der Waals surface area contributed by atoms with Crippen molar-refractivity contribution >= 4 is 12.0 Å². The van der Waals surface area contributed by atoms with Gasteiger partial charge < -0.3 is 14.9 Å². The topological polar surface area (TPSA) is 60.9 Å². The van der Waals surface area contributed by atoms with E-state index in [0.29, 0.717) is 19.6 Å². The van der Waals surface area contributed by atoms with Gasteiger partial charge in [-0.15, -0.1) is 0 Å². The van der Waals surface area contributed by atoms with Gasteiger partial charge in [-0.3, -0.25) is 4.79 Å². The van der Waals surface area contributed by atoms with Gasteiger partial charge in [-0.25, -0.2) is 4.79 Å². The molecule has 0 spiro atoms. The van der Waals surface area contributed by atoms with Crippen molar-refractivity contribution in [3.8, 4) is 0 Å². The number of amides is 2. The van der Waals surface area contributed by atoms with Crippen LogP contribution in [0.4, 0.5) is 4.79 Å². The quantitative estimate of drug-likeness (QED) is 0.812. The van der Waals surface area contributed by atoms with Crippen LogP contribution in [0.25, 0.3) is 0 Å². The summed E-state index contributed by atoms with van der Waals surface area (Å²) in [7, 11) is 0. The van der Waals surface area contributed by atoms with Crippen LogP contribution in [-0.2, 0) is 4.79 Å². The van der Waals surface area contributed by atoms with E-state index in [1.165, 1.54) is 0 Å². The van der Waals surface area contributed by atoms with Gasteiger partial charge in [-0.2, -0.15) is 0 Å². The molecule has 5 nitrogen and oxygen atoms in total. The van der Waals surface area contributed by atoms with E-state index in [-0.39, 0.29) is 11.9 Å². The zero-order valence-electron chi connectivity index (χ0n) is 10.8. The SMILES string of the molecule is CCCN(CC)C(=O)N1C[C@@H](C)[C@H](C(=O)O)C1. The Morgan fingerprint density at radius 1 is 1.35 bits per heavy atom. The first-order valence-corrected chi connectivity index (χ1v) is 6.27. The fourth-order valence-corrected chi connectivity index (χ4v) is 2.30. The van der Waals surface area contributed by atoms with Crippen molar-refractivity contribution in [1.82, 2.24) is 9.80 Å². The van der Waals surface area contributed by atoms with Crippen LogP contribution in [0.5, 0.6) is 0 Å². The summed E-state index contributed by atoms with van der Waals surface area (Å²) in [4.78, 5) is 26.6. The van der Waals surface area contributed by atoms with Crippen molar-refractivity contribution in [2.75, 3.05) is 26.2 Å². The van der Waals surface area contributed by atoms with Crippen molar-refractivity contribution in [2.45, 2.75) is 27.2 Å². The van der Waals surface area contributed by atoms with Gasteiger partial charge in [0.2, 0.25) is 0 Å². The highest BCUT2D eigenvalue weighted by atomic mass is 16.4. The number of hydrogen-bond donors (Lipinski definition) is 1. The standard InChI is InChI=1S/C12H22N2O3/c1-4-6-13(5-2)12(17)14-7-9(3)10(8-14)11(15)16/h9-10H,4-8H2,1-3H3,(H,15,16)/t9-,10-/m1/s1. The Hall–Kier alpha value is -1.26. The summed E-state index contributed by atoms with van der Waals surface area (Å²) in [6.07, 6.45) is 0.922. The molecule has 1 aliphatic heterocycles. The summed E-state index contributed by atoms with van der Waals surface area (Å²) >= 11 is 0. The molecule has 0 radical (unpaired) electrons. The van der Waals surface area contributed by atoms with E-state index in [4.69, 9.17) is 5.11 Å². The molecule has 0 aromatic heterocycles. The summed E-state index contributed by atoms with van der Waals surface area (Å²) in [6.45, 7) is 8.17. The fraction of sp³-hybridized carbons (Fsp3) is 0.833. The van der Waals surface area contributed by atoms with Crippen LogP contribution in [0, 0.1) is 11.8 Å². The first-order chi connectivity index (χ1) is 8.01. The number of hydrogen-bond acceptors (Lipinski definition) is 2. The van der Waals surface area contributed by atoms with Crippen molar-refractivity contribution in [1.29, 1.82) is 0 Å². The number of aliphatic carboxylic acids is 1. The maximum Gasteiger partial charge on any atom is 0.320 e. The van der Waals surface area contributed by atoms with Crippen molar-refractivity contribution in [2.24, 2.45) is 11.8 Å². The van der Waals surface area contributed by atoms with Crippen molar-refractivity contribution in [3.05, 3.63) is 0 Å². The Labute approximate surface area is 102 Å². The molecule has 0 bridgehead atoms. The molecule has 0 aromatic carbocycles. The van der Waals surface area contributed by atoms with E-state index in [2.05, 4.69) is 0 Å². The molecule has 0 aliphatic carbocycles. The number of carboxylic acid groups (broad SMARTS) is 1. The average molecular weight is 242 g/mol. The molecule has 1 aliphatic rings. The van der Waals surface area contributed by atoms with E-state index in [1.807, 2.05) is 20.8 Å². The van der Waals surface area contributed by atoms with Gasteiger partial charge in [-0.05, 0) is 19.3 Å². The Morgan fingerprint density at radius 2 is 2.00 bits per heavy atom. The minimum atomic E-state index is -0.800. The molecule has 1 heterocycles. The minimum absolute atomic E-state index is 0.0232. The Kier molecular flexibility index (Phi) is 4.78. The van der Waals surface area contributed by atoms with Crippen molar-refractivity contribution < 1.29 is 14.7 Å². The highest BCUT2D eigenvalue weighted by Crippen LogP contribution is 2.24. The number of urea groups is 1. The summed E-state index contributed by atoms with van der Waals surface area (Å²) in [6, 6.07) is -0.0232. The van der Waals surface area contributed by atoms with Crippen LogP contribution in [0.15, 0.2) is 0 Å². The van der Waals surface area contributed by atoms with E-state index in [9.17, 15) is 9.59 Å². The van der Waals surface area contributed by atoms with Gasteiger partial charge in [0.15, 0.2) is 0 Å². The predicted octanol–water partition coefficient (Wildman–Crippen LogP) is 1.49. The first kappa shape index (κ1) is 13.8. The molecule has 1 rings (SSSR count). The third-order valence-corrected chi connectivity index (χ3v) is 3.35. The third-order valence-electron chi connectivity index (χ3n) is 3.35. The molecular formula is C12H22N2O3. The monoisotopic (exact) mass is 242 g/mol. The lowest BCUT2D eigenvalue weighted by Gasteiger charge is -2.26. The normalized spacial score (nSPS) is 23.8. The highest BCUT2D eigenvalue weighted by molar-refractivity contribution is 5.77. The molecule has 2 atom stereocenters. The first-order valence-electron chi connectivity index (χ1n) is 6.27. The van der Waals surface area contributed by atoms with Gasteiger partial charge in [0, 0.05) is 26.2 Å². The second-order valence-corrected chi connectivity index (χ2v) is 4.69. The van der Waals surface area contributed by atoms with Gasteiger partial charge in [-0.1, -0.05) is 13.8 Å². The predicted molar refractivity (Wildman–Crippen MR) is 64.8 cm³/mol. The smallest absolute Gasteiger partial charge is 0.320 e. The van der Waals surface area contributed by atoms with E-state index in [1.54, 1.807) is 9.80 Å². The van der Waals surface area contributed by atoms with Gasteiger partial charge in [0.1, 0.15) is 0 Å². The van der Waals surface area contributed by atoms with Gasteiger partial charge in [0.05, 0.1) is 5.92 Å². The molecule has 1 saturated heterocycles. The number of likely N-dealkylation sites (tertiary alicyclic amines) is 1. The molecule has 17 heavy (non-hydrogen) atoms. The van der Waals surface area contributed by atoms with Crippen LogP contribution in [0.2, 0.25) is 0 Å². The minimum Gasteiger partial charge on any atom is -0.481 e. The molecule has 5 heteroatoms. The fourth-order valence-electron chi connectivity index (χ4n) is 2.30. The molecule has 1 fully saturated rings. The number of nitrogens with zero attached hydrogens (tertiary/aromatic N) is 2. The zero-order valence-corrected chi connectivity index (χ0v) is 10.8.